The molecule has 0 saturated carbocycles. The van der Waals surface area contributed by atoms with Crippen LogP contribution >= 0.6 is 0 Å². The van der Waals surface area contributed by atoms with Crippen LogP contribution < -0.4 is 0 Å². The lowest BCUT2D eigenvalue weighted by Gasteiger charge is -2.31. The first-order valence-electron chi connectivity index (χ1n) is 7.80. The molecule has 0 bridgehead atoms. The molecule has 0 N–H and O–H groups in total. The van der Waals surface area contributed by atoms with Gasteiger partial charge in [0, 0.05) is 13.2 Å². The first-order valence-corrected chi connectivity index (χ1v) is 7.80. The highest BCUT2D eigenvalue weighted by Crippen LogP contribution is 2.20. The normalized spacial score (nSPS) is 28.5. The molecule has 2 saturated heterocycles. The Morgan fingerprint density at radius 1 is 1.37 bits per heavy atom. The Morgan fingerprint density at radius 2 is 2.26 bits per heavy atom. The molecule has 0 aromatic rings. The summed E-state index contributed by atoms with van der Waals surface area (Å²) in [6.07, 6.45) is 7.39. The molecule has 0 aromatic heterocycles. The fourth-order valence-electron chi connectivity index (χ4n) is 3.13. The molecule has 0 radical (unpaired) electrons. The van der Waals surface area contributed by atoms with E-state index in [4.69, 9.17) is 9.47 Å². The van der Waals surface area contributed by atoms with Crippen molar-refractivity contribution in [2.45, 2.75) is 51.6 Å². The fourth-order valence-corrected chi connectivity index (χ4v) is 3.13. The molecule has 2 aliphatic rings. The quantitative estimate of drug-likeness (QED) is 0.693. The van der Waals surface area contributed by atoms with Crippen molar-refractivity contribution in [3.05, 3.63) is 0 Å². The number of carbonyl (C=O) groups is 1. The topological polar surface area (TPSA) is 38.8 Å². The van der Waals surface area contributed by atoms with E-state index in [9.17, 15) is 4.79 Å². The van der Waals surface area contributed by atoms with Crippen LogP contribution in [0, 0.1) is 5.92 Å². The van der Waals surface area contributed by atoms with Crippen molar-refractivity contribution < 1.29 is 14.3 Å². The van der Waals surface area contributed by atoms with E-state index in [1.165, 1.54) is 25.7 Å². The number of hydrogen-bond acceptors (Lipinski definition) is 4. The van der Waals surface area contributed by atoms with Crippen LogP contribution in [-0.4, -0.2) is 49.8 Å². The van der Waals surface area contributed by atoms with Crippen LogP contribution in [0.4, 0.5) is 0 Å². The van der Waals surface area contributed by atoms with Crippen molar-refractivity contribution in [1.29, 1.82) is 0 Å². The molecular weight excluding hydrogens is 242 g/mol. The first kappa shape index (κ1) is 14.8. The van der Waals surface area contributed by atoms with E-state index in [-0.39, 0.29) is 11.9 Å². The highest BCUT2D eigenvalue weighted by atomic mass is 16.5. The van der Waals surface area contributed by atoms with Gasteiger partial charge in [-0.15, -0.1) is 0 Å². The molecule has 110 valence electrons. The van der Waals surface area contributed by atoms with Gasteiger partial charge in [0.05, 0.1) is 18.6 Å². The largest absolute Gasteiger partial charge is 0.466 e. The third kappa shape index (κ3) is 4.77. The Morgan fingerprint density at radius 3 is 3.00 bits per heavy atom. The molecule has 2 fully saturated rings. The summed E-state index contributed by atoms with van der Waals surface area (Å²) in [6, 6.07) is 0. The van der Waals surface area contributed by atoms with Crippen molar-refractivity contribution in [3.63, 3.8) is 0 Å². The average molecular weight is 269 g/mol. The minimum atomic E-state index is -0.00803. The van der Waals surface area contributed by atoms with Gasteiger partial charge in [0.25, 0.3) is 0 Å². The first-order chi connectivity index (χ1) is 9.29. The maximum absolute atomic E-state index is 11.8. The molecule has 2 aliphatic heterocycles. The van der Waals surface area contributed by atoms with Gasteiger partial charge in [-0.05, 0) is 58.5 Å². The maximum Gasteiger partial charge on any atom is 0.310 e. The number of likely N-dealkylation sites (tertiary alicyclic amines) is 1. The standard InChI is InChI=1S/C15H27NO3/c1-2-18-15(17)13-6-3-9-16(12-13)10-4-7-14-8-5-11-19-14/h13-14H,2-12H2,1H3. The zero-order valence-corrected chi connectivity index (χ0v) is 12.1. The van der Waals surface area contributed by atoms with Crippen molar-refractivity contribution in [2.75, 3.05) is 32.8 Å². The van der Waals surface area contributed by atoms with Crippen molar-refractivity contribution in [1.82, 2.24) is 4.90 Å². The Bertz CT molecular complexity index is 277. The van der Waals surface area contributed by atoms with Crippen LogP contribution in [0.5, 0.6) is 0 Å². The number of ether oxygens (including phenoxy) is 2. The number of piperidine rings is 1. The monoisotopic (exact) mass is 269 g/mol. The third-order valence-corrected chi connectivity index (χ3v) is 4.15. The van der Waals surface area contributed by atoms with E-state index in [0.717, 1.165) is 39.1 Å². The van der Waals surface area contributed by atoms with Gasteiger partial charge in [-0.2, -0.15) is 0 Å². The van der Waals surface area contributed by atoms with Crippen LogP contribution in [0.25, 0.3) is 0 Å². The second kappa shape index (κ2) is 7.85. The summed E-state index contributed by atoms with van der Waals surface area (Å²) in [7, 11) is 0. The summed E-state index contributed by atoms with van der Waals surface area (Å²) in [5, 5.41) is 0. The molecule has 2 heterocycles. The third-order valence-electron chi connectivity index (χ3n) is 4.15. The van der Waals surface area contributed by atoms with Gasteiger partial charge in [0.15, 0.2) is 0 Å². The molecule has 4 nitrogen and oxygen atoms in total. The van der Waals surface area contributed by atoms with E-state index < -0.39 is 0 Å². The van der Waals surface area contributed by atoms with Crippen LogP contribution in [-0.2, 0) is 14.3 Å². The zero-order chi connectivity index (χ0) is 13.5. The Kier molecular flexibility index (Phi) is 6.11. The summed E-state index contributed by atoms with van der Waals surface area (Å²) in [6.45, 7) is 6.41. The molecule has 2 atom stereocenters. The second-order valence-corrected chi connectivity index (χ2v) is 5.67. The van der Waals surface area contributed by atoms with Gasteiger partial charge in [-0.1, -0.05) is 0 Å². The van der Waals surface area contributed by atoms with Crippen molar-refractivity contribution in [3.8, 4) is 0 Å². The Balaban J connectivity index is 1.64. The highest BCUT2D eigenvalue weighted by molar-refractivity contribution is 5.72. The van der Waals surface area contributed by atoms with Crippen LogP contribution in [0.2, 0.25) is 0 Å². The summed E-state index contributed by atoms with van der Waals surface area (Å²) < 4.78 is 10.8. The number of hydrogen-bond donors (Lipinski definition) is 0. The van der Waals surface area contributed by atoms with Gasteiger partial charge < -0.3 is 14.4 Å². The van der Waals surface area contributed by atoms with Gasteiger partial charge in [-0.25, -0.2) is 0 Å². The average Bonchev–Trinajstić information content (AvgIpc) is 2.93. The van der Waals surface area contributed by atoms with Crippen LogP contribution in [0.15, 0.2) is 0 Å². The summed E-state index contributed by atoms with van der Waals surface area (Å²) in [5.41, 5.74) is 0. The molecule has 0 amide bonds. The predicted molar refractivity (Wildman–Crippen MR) is 74.0 cm³/mol. The number of rotatable bonds is 6. The smallest absolute Gasteiger partial charge is 0.310 e. The fraction of sp³-hybridized carbons (Fsp3) is 0.933. The zero-order valence-electron chi connectivity index (χ0n) is 12.1. The maximum atomic E-state index is 11.8. The Hall–Kier alpha value is -0.610. The second-order valence-electron chi connectivity index (χ2n) is 5.67. The minimum absolute atomic E-state index is 0.00803. The molecule has 0 aromatic carbocycles. The number of carbonyl (C=O) groups excluding carboxylic acids is 1. The van der Waals surface area contributed by atoms with Crippen molar-refractivity contribution in [2.24, 2.45) is 5.92 Å². The number of nitrogens with zero attached hydrogens (tertiary/aromatic N) is 1. The lowest BCUT2D eigenvalue weighted by atomic mass is 9.98. The molecule has 2 unspecified atom stereocenters. The lowest BCUT2D eigenvalue weighted by molar-refractivity contribution is -0.149. The van der Waals surface area contributed by atoms with Crippen LogP contribution in [0.1, 0.15) is 45.4 Å². The molecule has 0 spiro atoms. The molecule has 0 aliphatic carbocycles. The van der Waals surface area contributed by atoms with E-state index in [1.54, 1.807) is 0 Å². The van der Waals surface area contributed by atoms with Gasteiger partial charge >= 0.3 is 5.97 Å². The summed E-state index contributed by atoms with van der Waals surface area (Å²) in [4.78, 5) is 14.2. The van der Waals surface area contributed by atoms with E-state index in [1.807, 2.05) is 6.92 Å². The highest BCUT2D eigenvalue weighted by Gasteiger charge is 2.26. The minimum Gasteiger partial charge on any atom is -0.466 e. The lowest BCUT2D eigenvalue weighted by Crippen LogP contribution is -2.40. The SMILES string of the molecule is CCOC(=O)C1CCCN(CCCC2CCCO2)C1. The van der Waals surface area contributed by atoms with Gasteiger partial charge in [0.2, 0.25) is 0 Å². The van der Waals surface area contributed by atoms with E-state index >= 15 is 0 Å². The number of esters is 1. The van der Waals surface area contributed by atoms with Crippen molar-refractivity contribution >= 4 is 5.97 Å². The molecule has 19 heavy (non-hydrogen) atoms. The molecule has 2 rings (SSSR count). The predicted octanol–water partition coefficient (Wildman–Crippen LogP) is 2.22. The van der Waals surface area contributed by atoms with Gasteiger partial charge in [0.1, 0.15) is 0 Å². The van der Waals surface area contributed by atoms with E-state index in [0.29, 0.717) is 12.7 Å². The van der Waals surface area contributed by atoms with Crippen LogP contribution in [0.3, 0.4) is 0 Å². The Labute approximate surface area is 116 Å². The summed E-state index contributed by atoms with van der Waals surface area (Å²) >= 11 is 0. The molecule has 4 heteroatoms. The summed E-state index contributed by atoms with van der Waals surface area (Å²) in [5.74, 6) is 0.0859. The van der Waals surface area contributed by atoms with E-state index in [2.05, 4.69) is 4.90 Å². The molecular formula is C15H27NO3. The van der Waals surface area contributed by atoms with Gasteiger partial charge in [-0.3, -0.25) is 4.79 Å².